The monoisotopic (exact) mass is 570 g/mol. The lowest BCUT2D eigenvalue weighted by Crippen LogP contribution is -2.08. The summed E-state index contributed by atoms with van der Waals surface area (Å²) in [6, 6.07) is 22.1. The third-order valence-electron chi connectivity index (χ3n) is 6.52. The number of carboxylic acids is 4. The van der Waals surface area contributed by atoms with E-state index in [9.17, 15) is 39.6 Å². The van der Waals surface area contributed by atoms with E-state index < -0.39 is 23.9 Å². The van der Waals surface area contributed by atoms with E-state index in [1.54, 1.807) is 24.3 Å². The average molecular weight is 571 g/mol. The highest BCUT2D eigenvalue weighted by Gasteiger charge is 2.19. The standard InChI is InChI=1S/C32H26O10/c1-2-3-24(18-4-8-20(9-5-18)41-22-12-14-25(29(33)34)27(16-22)31(37)38)19-6-10-21(11-7-19)42-23-13-15-26(30(35)36)28(17-23)32(39)40/h4-17,24H,2-3H2,1H3,(H,33,34)(H,35,36)(H,37,38)(H,39,40). The molecule has 0 heterocycles. The Morgan fingerprint density at radius 1 is 0.524 bits per heavy atom. The maximum absolute atomic E-state index is 11.5. The molecule has 0 unspecified atom stereocenters. The van der Waals surface area contributed by atoms with Crippen molar-refractivity contribution in [3.8, 4) is 23.0 Å². The molecule has 42 heavy (non-hydrogen) atoms. The Bertz CT molecular complexity index is 1520. The fourth-order valence-electron chi connectivity index (χ4n) is 4.52. The molecule has 0 saturated heterocycles. The van der Waals surface area contributed by atoms with Gasteiger partial charge in [-0.1, -0.05) is 37.6 Å². The normalized spacial score (nSPS) is 10.7. The molecule has 4 N–H and O–H groups in total. The molecule has 0 spiro atoms. The summed E-state index contributed by atoms with van der Waals surface area (Å²) in [6.07, 6.45) is 1.75. The number of carboxylic acid groups (broad SMARTS) is 4. The van der Waals surface area contributed by atoms with E-state index in [1.807, 2.05) is 24.3 Å². The van der Waals surface area contributed by atoms with Crippen LogP contribution in [-0.4, -0.2) is 44.3 Å². The Hall–Kier alpha value is -5.64. The summed E-state index contributed by atoms with van der Waals surface area (Å²) in [7, 11) is 0. The molecule has 0 radical (unpaired) electrons. The number of hydrogen-bond acceptors (Lipinski definition) is 6. The predicted octanol–water partition coefficient (Wildman–Crippen LogP) is 7.00. The van der Waals surface area contributed by atoms with Gasteiger partial charge in [-0.2, -0.15) is 0 Å². The molecule has 0 aliphatic rings. The molecule has 0 aliphatic heterocycles. The van der Waals surface area contributed by atoms with E-state index in [0.29, 0.717) is 11.5 Å². The minimum absolute atomic E-state index is 0.0417. The maximum Gasteiger partial charge on any atom is 0.336 e. The summed E-state index contributed by atoms with van der Waals surface area (Å²) in [5.74, 6) is -4.09. The average Bonchev–Trinajstić information content (AvgIpc) is 2.96. The quantitative estimate of drug-likeness (QED) is 0.139. The second kappa shape index (κ2) is 12.7. The number of carbonyl (C=O) groups is 4. The van der Waals surface area contributed by atoms with Crippen molar-refractivity contribution in [1.82, 2.24) is 0 Å². The third kappa shape index (κ3) is 6.73. The number of rotatable bonds is 12. The van der Waals surface area contributed by atoms with Crippen molar-refractivity contribution in [3.05, 3.63) is 118 Å². The van der Waals surface area contributed by atoms with Crippen molar-refractivity contribution in [2.75, 3.05) is 0 Å². The topological polar surface area (TPSA) is 168 Å². The van der Waals surface area contributed by atoms with E-state index in [-0.39, 0.29) is 39.7 Å². The molecule has 10 nitrogen and oxygen atoms in total. The van der Waals surface area contributed by atoms with Crippen LogP contribution in [0.25, 0.3) is 0 Å². The van der Waals surface area contributed by atoms with E-state index >= 15 is 0 Å². The SMILES string of the molecule is CCCC(c1ccc(Oc2ccc(C(=O)O)c(C(=O)O)c2)cc1)c1ccc(Oc2ccc(C(=O)O)c(C(=O)O)c2)cc1. The van der Waals surface area contributed by atoms with Crippen LogP contribution in [0.5, 0.6) is 23.0 Å². The van der Waals surface area contributed by atoms with Gasteiger partial charge < -0.3 is 29.9 Å². The molecule has 4 rings (SSSR count). The van der Waals surface area contributed by atoms with Gasteiger partial charge in [0.1, 0.15) is 23.0 Å². The molecular weight excluding hydrogens is 544 g/mol. The van der Waals surface area contributed by atoms with Crippen LogP contribution in [0, 0.1) is 0 Å². The fourth-order valence-corrected chi connectivity index (χ4v) is 4.52. The van der Waals surface area contributed by atoms with Crippen molar-refractivity contribution >= 4 is 23.9 Å². The lowest BCUT2D eigenvalue weighted by atomic mass is 9.87. The molecule has 0 bridgehead atoms. The van der Waals surface area contributed by atoms with Crippen molar-refractivity contribution < 1.29 is 49.1 Å². The van der Waals surface area contributed by atoms with Crippen LogP contribution in [0.15, 0.2) is 84.9 Å². The minimum Gasteiger partial charge on any atom is -0.478 e. The number of benzene rings is 4. The Balaban J connectivity index is 1.50. The Morgan fingerprint density at radius 2 is 0.857 bits per heavy atom. The third-order valence-corrected chi connectivity index (χ3v) is 6.52. The van der Waals surface area contributed by atoms with Gasteiger partial charge in [0.2, 0.25) is 0 Å². The van der Waals surface area contributed by atoms with Gasteiger partial charge in [-0.3, -0.25) is 0 Å². The molecule has 10 heteroatoms. The van der Waals surface area contributed by atoms with Gasteiger partial charge in [-0.05, 0) is 78.2 Å². The Morgan fingerprint density at radius 3 is 1.17 bits per heavy atom. The van der Waals surface area contributed by atoms with Crippen LogP contribution in [0.3, 0.4) is 0 Å². The highest BCUT2D eigenvalue weighted by molar-refractivity contribution is 6.02. The molecule has 0 atom stereocenters. The summed E-state index contributed by atoms with van der Waals surface area (Å²) < 4.78 is 11.6. The van der Waals surface area contributed by atoms with E-state index in [4.69, 9.17) is 9.47 Å². The summed E-state index contributed by atoms with van der Waals surface area (Å²) in [6.45, 7) is 2.07. The highest BCUT2D eigenvalue weighted by atomic mass is 16.5. The smallest absolute Gasteiger partial charge is 0.336 e. The molecule has 214 valence electrons. The minimum atomic E-state index is -1.37. The lowest BCUT2D eigenvalue weighted by molar-refractivity contribution is 0.0651. The molecule has 0 saturated carbocycles. The van der Waals surface area contributed by atoms with Gasteiger partial charge in [-0.15, -0.1) is 0 Å². The van der Waals surface area contributed by atoms with Crippen LogP contribution in [0.4, 0.5) is 0 Å². The van der Waals surface area contributed by atoms with Crippen molar-refractivity contribution in [3.63, 3.8) is 0 Å². The van der Waals surface area contributed by atoms with Crippen LogP contribution in [0.2, 0.25) is 0 Å². The summed E-state index contributed by atoms with van der Waals surface area (Å²) >= 11 is 0. The van der Waals surface area contributed by atoms with Gasteiger partial charge in [0.25, 0.3) is 0 Å². The maximum atomic E-state index is 11.5. The number of aromatic carboxylic acids is 4. The van der Waals surface area contributed by atoms with Crippen LogP contribution in [0.1, 0.15) is 78.2 Å². The Kier molecular flexibility index (Phi) is 8.87. The van der Waals surface area contributed by atoms with Crippen molar-refractivity contribution in [2.45, 2.75) is 25.7 Å². The van der Waals surface area contributed by atoms with Gasteiger partial charge in [0, 0.05) is 5.92 Å². The van der Waals surface area contributed by atoms with E-state index in [0.717, 1.165) is 24.0 Å². The number of ether oxygens (including phenoxy) is 2. The summed E-state index contributed by atoms with van der Waals surface area (Å²) in [4.78, 5) is 45.5. The largest absolute Gasteiger partial charge is 0.478 e. The highest BCUT2D eigenvalue weighted by Crippen LogP contribution is 2.34. The first-order chi connectivity index (χ1) is 20.1. The van der Waals surface area contributed by atoms with Crippen LogP contribution >= 0.6 is 0 Å². The predicted molar refractivity (Wildman–Crippen MR) is 151 cm³/mol. The molecule has 4 aromatic carbocycles. The first-order valence-corrected chi connectivity index (χ1v) is 12.8. The molecular formula is C32H26O10. The zero-order valence-corrected chi connectivity index (χ0v) is 22.3. The van der Waals surface area contributed by atoms with Crippen LogP contribution in [-0.2, 0) is 0 Å². The van der Waals surface area contributed by atoms with Gasteiger partial charge in [0.15, 0.2) is 0 Å². The molecule has 0 aliphatic carbocycles. The van der Waals surface area contributed by atoms with Crippen molar-refractivity contribution in [2.24, 2.45) is 0 Å². The second-order valence-electron chi connectivity index (χ2n) is 9.32. The molecule has 4 aromatic rings. The fraction of sp³-hybridized carbons (Fsp3) is 0.125. The lowest BCUT2D eigenvalue weighted by Gasteiger charge is -2.18. The van der Waals surface area contributed by atoms with Gasteiger partial charge in [0.05, 0.1) is 22.3 Å². The van der Waals surface area contributed by atoms with Crippen molar-refractivity contribution in [1.29, 1.82) is 0 Å². The van der Waals surface area contributed by atoms with E-state index in [1.165, 1.54) is 36.4 Å². The zero-order chi connectivity index (χ0) is 30.4. The molecule has 0 aromatic heterocycles. The first-order valence-electron chi connectivity index (χ1n) is 12.8. The Labute approximate surface area is 240 Å². The number of hydrogen-bond donors (Lipinski definition) is 4. The van der Waals surface area contributed by atoms with Gasteiger partial charge >= 0.3 is 23.9 Å². The van der Waals surface area contributed by atoms with Gasteiger partial charge in [-0.25, -0.2) is 19.2 Å². The zero-order valence-electron chi connectivity index (χ0n) is 22.3. The van der Waals surface area contributed by atoms with E-state index in [2.05, 4.69) is 6.92 Å². The second-order valence-corrected chi connectivity index (χ2v) is 9.32. The van der Waals surface area contributed by atoms with Crippen LogP contribution < -0.4 is 9.47 Å². The molecule has 0 fully saturated rings. The molecule has 0 amide bonds. The first kappa shape index (κ1) is 29.3. The summed E-state index contributed by atoms with van der Waals surface area (Å²) in [5.41, 5.74) is 0.634. The summed E-state index contributed by atoms with van der Waals surface area (Å²) in [5, 5.41) is 37.1.